The van der Waals surface area contributed by atoms with Gasteiger partial charge in [0.05, 0.1) is 17.4 Å². The first-order valence-electron chi connectivity index (χ1n) is 8.80. The lowest BCUT2D eigenvalue weighted by Crippen LogP contribution is -2.29. The van der Waals surface area contributed by atoms with E-state index in [1.165, 1.54) is 6.39 Å². The maximum Gasteiger partial charge on any atom is 0.257 e. The van der Waals surface area contributed by atoms with E-state index in [-0.39, 0.29) is 17.7 Å². The summed E-state index contributed by atoms with van der Waals surface area (Å²) in [6, 6.07) is 14.5. The molecule has 2 aromatic carbocycles. The minimum Gasteiger partial charge on any atom is -0.444 e. The zero-order chi connectivity index (χ0) is 18.8. The van der Waals surface area contributed by atoms with E-state index < -0.39 is 0 Å². The summed E-state index contributed by atoms with van der Waals surface area (Å²) in [7, 11) is 1.72. The van der Waals surface area contributed by atoms with Crippen molar-refractivity contribution in [2.24, 2.45) is 5.92 Å². The highest BCUT2D eigenvalue weighted by molar-refractivity contribution is 6.11. The molecule has 27 heavy (non-hydrogen) atoms. The molecule has 1 aromatic heterocycles. The van der Waals surface area contributed by atoms with Crippen LogP contribution in [0.25, 0.3) is 11.3 Å². The first kappa shape index (κ1) is 17.0. The molecular formula is C21H19N3O3. The zero-order valence-electron chi connectivity index (χ0n) is 14.9. The number of nitrogens with one attached hydrogen (secondary N) is 1. The van der Waals surface area contributed by atoms with Crippen LogP contribution < -0.4 is 10.2 Å². The summed E-state index contributed by atoms with van der Waals surface area (Å²) >= 11 is 0. The Labute approximate surface area is 156 Å². The number of anilines is 2. The van der Waals surface area contributed by atoms with Gasteiger partial charge in [-0.25, -0.2) is 4.98 Å². The molecule has 1 heterocycles. The molecule has 1 aliphatic carbocycles. The predicted molar refractivity (Wildman–Crippen MR) is 102 cm³/mol. The third-order valence-corrected chi connectivity index (χ3v) is 4.60. The third kappa shape index (κ3) is 3.60. The van der Waals surface area contributed by atoms with Gasteiger partial charge >= 0.3 is 0 Å². The molecule has 1 saturated carbocycles. The average molecular weight is 361 g/mol. The second kappa shape index (κ2) is 7.07. The fraction of sp³-hybridized carbons (Fsp3) is 0.190. The lowest BCUT2D eigenvalue weighted by Gasteiger charge is -2.20. The maximum atomic E-state index is 12.9. The number of nitrogens with zero attached hydrogens (tertiary/aromatic N) is 2. The van der Waals surface area contributed by atoms with E-state index in [2.05, 4.69) is 10.3 Å². The van der Waals surface area contributed by atoms with Crippen molar-refractivity contribution in [2.75, 3.05) is 17.3 Å². The minimum absolute atomic E-state index is 0.0579. The summed E-state index contributed by atoms with van der Waals surface area (Å²) < 4.78 is 5.30. The van der Waals surface area contributed by atoms with Crippen LogP contribution in [-0.2, 0) is 4.79 Å². The molecule has 0 atom stereocenters. The number of oxazole rings is 1. The molecule has 1 fully saturated rings. The van der Waals surface area contributed by atoms with Crippen LogP contribution in [0.5, 0.6) is 0 Å². The molecule has 0 saturated heterocycles. The normalized spacial score (nSPS) is 13.2. The summed E-state index contributed by atoms with van der Waals surface area (Å²) in [5, 5.41) is 2.90. The lowest BCUT2D eigenvalue weighted by atomic mass is 10.1. The van der Waals surface area contributed by atoms with E-state index >= 15 is 0 Å². The monoisotopic (exact) mass is 361 g/mol. The molecule has 0 aliphatic heterocycles. The second-order valence-corrected chi connectivity index (χ2v) is 6.59. The van der Waals surface area contributed by atoms with Gasteiger partial charge in [0.25, 0.3) is 5.91 Å². The summed E-state index contributed by atoms with van der Waals surface area (Å²) in [4.78, 5) is 30.7. The molecular weight excluding hydrogens is 342 g/mol. The van der Waals surface area contributed by atoms with Gasteiger partial charge in [0.15, 0.2) is 12.2 Å². The number of hydrogen-bond donors (Lipinski definition) is 1. The number of rotatable bonds is 5. The van der Waals surface area contributed by atoms with Crippen LogP contribution in [0.2, 0.25) is 0 Å². The molecule has 0 radical (unpaired) electrons. The highest BCUT2D eigenvalue weighted by Crippen LogP contribution is 2.33. The van der Waals surface area contributed by atoms with Crippen molar-refractivity contribution in [3.63, 3.8) is 0 Å². The Balaban J connectivity index is 1.57. The minimum atomic E-state index is -0.268. The topological polar surface area (TPSA) is 75.4 Å². The van der Waals surface area contributed by atoms with Gasteiger partial charge in [0.2, 0.25) is 5.91 Å². The predicted octanol–water partition coefficient (Wildman–Crippen LogP) is 3.97. The fourth-order valence-corrected chi connectivity index (χ4v) is 2.99. The van der Waals surface area contributed by atoms with Crippen LogP contribution in [0.1, 0.15) is 23.2 Å². The Morgan fingerprint density at radius 2 is 1.96 bits per heavy atom. The first-order chi connectivity index (χ1) is 13.1. The summed E-state index contributed by atoms with van der Waals surface area (Å²) in [5.74, 6) is 0.504. The van der Waals surface area contributed by atoms with Crippen LogP contribution >= 0.6 is 0 Å². The van der Waals surface area contributed by atoms with E-state index in [1.807, 2.05) is 24.3 Å². The quantitative estimate of drug-likeness (QED) is 0.746. The van der Waals surface area contributed by atoms with Crippen molar-refractivity contribution in [3.05, 3.63) is 66.7 Å². The molecule has 0 bridgehead atoms. The number of carbonyl (C=O) groups is 2. The van der Waals surface area contributed by atoms with Gasteiger partial charge in [0, 0.05) is 24.2 Å². The molecule has 1 N–H and O–H groups in total. The van der Waals surface area contributed by atoms with E-state index in [0.717, 1.165) is 18.4 Å². The van der Waals surface area contributed by atoms with Crippen molar-refractivity contribution in [3.8, 4) is 11.3 Å². The Hall–Kier alpha value is -3.41. The van der Waals surface area contributed by atoms with E-state index in [9.17, 15) is 9.59 Å². The van der Waals surface area contributed by atoms with Gasteiger partial charge in [-0.2, -0.15) is 0 Å². The standard InChI is InChI=1S/C21H19N3O3/c1-24(21(26)14-9-10-14)18-8-3-2-7-17(18)20(25)23-16-6-4-5-15(11-16)19-12-22-13-27-19/h2-8,11-14H,9-10H2,1H3,(H,23,25). The SMILES string of the molecule is CN(C(=O)C1CC1)c1ccccc1C(=O)Nc1cccc(-c2cnco2)c1. The van der Waals surface area contributed by atoms with Crippen molar-refractivity contribution >= 4 is 23.2 Å². The van der Waals surface area contributed by atoms with Crippen LogP contribution in [0.4, 0.5) is 11.4 Å². The number of para-hydroxylation sites is 1. The molecule has 4 rings (SSSR count). The van der Waals surface area contributed by atoms with E-state index in [1.54, 1.807) is 42.4 Å². The molecule has 6 heteroatoms. The lowest BCUT2D eigenvalue weighted by molar-refractivity contribution is -0.119. The highest BCUT2D eigenvalue weighted by Gasteiger charge is 2.33. The molecule has 0 spiro atoms. The zero-order valence-corrected chi connectivity index (χ0v) is 14.9. The Kier molecular flexibility index (Phi) is 4.46. The van der Waals surface area contributed by atoms with Gasteiger partial charge < -0.3 is 14.6 Å². The molecule has 3 aromatic rings. The highest BCUT2D eigenvalue weighted by atomic mass is 16.3. The summed E-state index contributed by atoms with van der Waals surface area (Å²) in [6.07, 6.45) is 4.83. The molecule has 2 amide bonds. The van der Waals surface area contributed by atoms with Crippen LogP contribution in [0, 0.1) is 5.92 Å². The fourth-order valence-electron chi connectivity index (χ4n) is 2.99. The van der Waals surface area contributed by atoms with Gasteiger partial charge in [0.1, 0.15) is 0 Å². The molecule has 6 nitrogen and oxygen atoms in total. The Morgan fingerprint density at radius 3 is 2.70 bits per heavy atom. The van der Waals surface area contributed by atoms with Crippen molar-refractivity contribution in [1.82, 2.24) is 4.98 Å². The smallest absolute Gasteiger partial charge is 0.257 e. The van der Waals surface area contributed by atoms with E-state index in [4.69, 9.17) is 4.42 Å². The average Bonchev–Trinajstić information content (AvgIpc) is 3.40. The van der Waals surface area contributed by atoms with Crippen LogP contribution in [-0.4, -0.2) is 23.8 Å². The number of aromatic nitrogens is 1. The summed E-state index contributed by atoms with van der Waals surface area (Å²) in [6.45, 7) is 0. The van der Waals surface area contributed by atoms with Crippen molar-refractivity contribution < 1.29 is 14.0 Å². The second-order valence-electron chi connectivity index (χ2n) is 6.59. The largest absolute Gasteiger partial charge is 0.444 e. The third-order valence-electron chi connectivity index (χ3n) is 4.60. The van der Waals surface area contributed by atoms with Crippen molar-refractivity contribution in [2.45, 2.75) is 12.8 Å². The summed E-state index contributed by atoms with van der Waals surface area (Å²) in [5.41, 5.74) is 2.52. The van der Waals surface area contributed by atoms with E-state index in [0.29, 0.717) is 22.7 Å². The van der Waals surface area contributed by atoms with Gasteiger partial charge in [-0.3, -0.25) is 9.59 Å². The number of carbonyl (C=O) groups excluding carboxylic acids is 2. The molecule has 1 aliphatic rings. The number of benzene rings is 2. The van der Waals surface area contributed by atoms with Crippen LogP contribution in [0.3, 0.4) is 0 Å². The van der Waals surface area contributed by atoms with Crippen molar-refractivity contribution in [1.29, 1.82) is 0 Å². The Bertz CT molecular complexity index is 978. The Morgan fingerprint density at radius 1 is 1.15 bits per heavy atom. The van der Waals surface area contributed by atoms with Gasteiger partial charge in [-0.05, 0) is 37.1 Å². The van der Waals surface area contributed by atoms with Crippen LogP contribution in [0.15, 0.2) is 65.5 Å². The number of amides is 2. The molecule has 0 unspecified atom stereocenters. The number of hydrogen-bond acceptors (Lipinski definition) is 4. The molecule has 136 valence electrons. The van der Waals surface area contributed by atoms with Gasteiger partial charge in [-0.1, -0.05) is 24.3 Å². The maximum absolute atomic E-state index is 12.9. The van der Waals surface area contributed by atoms with Gasteiger partial charge in [-0.15, -0.1) is 0 Å². The first-order valence-corrected chi connectivity index (χ1v) is 8.80.